The summed E-state index contributed by atoms with van der Waals surface area (Å²) in [4.78, 5) is 27.0. The molecule has 0 amide bonds. The average Bonchev–Trinajstić information content (AvgIpc) is 3.27. The highest BCUT2D eigenvalue weighted by atomic mass is 28.4. The molecular formula is C56H68O8Si2. The molecule has 0 aliphatic heterocycles. The minimum Gasteiger partial charge on any atom is -0.543 e. The molecule has 10 heteroatoms. The lowest BCUT2D eigenvalue weighted by Gasteiger charge is -2.37. The van der Waals surface area contributed by atoms with E-state index in [-0.39, 0.29) is 21.4 Å². The summed E-state index contributed by atoms with van der Waals surface area (Å²) < 4.78 is 31.0. The van der Waals surface area contributed by atoms with Crippen molar-refractivity contribution in [2.75, 3.05) is 6.61 Å². The van der Waals surface area contributed by atoms with E-state index in [9.17, 15) is 14.7 Å². The Morgan fingerprint density at radius 2 is 0.788 bits per heavy atom. The normalized spacial score (nSPS) is 11.9. The lowest BCUT2D eigenvalue weighted by atomic mass is 10.0. The number of ether oxygens (including phenoxy) is 3. The molecular weight excluding hydrogens is 857 g/mol. The highest BCUT2D eigenvalue weighted by Gasteiger charge is 2.41. The van der Waals surface area contributed by atoms with Gasteiger partial charge < -0.3 is 28.2 Å². The molecule has 0 aromatic heterocycles. The molecule has 0 unspecified atom stereocenters. The van der Waals surface area contributed by atoms with Gasteiger partial charge in [0.1, 0.15) is 34.1 Å². The number of carbonyl (C=O) groups excluding carboxylic acids is 2. The van der Waals surface area contributed by atoms with Gasteiger partial charge in [0.15, 0.2) is 12.2 Å². The van der Waals surface area contributed by atoms with Gasteiger partial charge in [-0.15, -0.1) is 0 Å². The van der Waals surface area contributed by atoms with Gasteiger partial charge in [-0.3, -0.25) is 0 Å². The monoisotopic (exact) mass is 924 g/mol. The maximum atomic E-state index is 13.7. The Labute approximate surface area is 395 Å². The smallest absolute Gasteiger partial charge is 0.343 e. The number of phenols is 1. The van der Waals surface area contributed by atoms with E-state index in [4.69, 9.17) is 23.1 Å². The quantitative estimate of drug-likeness (QED) is 0.0852. The van der Waals surface area contributed by atoms with Crippen molar-refractivity contribution in [3.05, 3.63) is 190 Å². The lowest BCUT2D eigenvalue weighted by Crippen LogP contribution is -2.44. The van der Waals surface area contributed by atoms with E-state index < -0.39 is 40.8 Å². The second-order valence-electron chi connectivity index (χ2n) is 19.5. The Balaban J connectivity index is 0.000000248. The summed E-state index contributed by atoms with van der Waals surface area (Å²) in [5.41, 5.74) is 5.40. The van der Waals surface area contributed by atoms with Crippen LogP contribution in [0.4, 0.5) is 0 Å². The van der Waals surface area contributed by atoms with Crippen molar-refractivity contribution < 1.29 is 37.8 Å². The first-order chi connectivity index (χ1) is 31.1. The van der Waals surface area contributed by atoms with Crippen LogP contribution >= 0.6 is 0 Å². The lowest BCUT2D eigenvalue weighted by molar-refractivity contribution is 0.0363. The summed E-state index contributed by atoms with van der Waals surface area (Å²) in [6, 6.07) is 45.7. The van der Waals surface area contributed by atoms with Gasteiger partial charge in [-0.2, -0.15) is 0 Å². The first kappa shape index (κ1) is 50.9. The first-order valence-electron chi connectivity index (χ1n) is 22.6. The van der Waals surface area contributed by atoms with Crippen LogP contribution in [0.2, 0.25) is 36.3 Å². The summed E-state index contributed by atoms with van der Waals surface area (Å²) in [6.45, 7) is 27.8. The number of hydrogen-bond donors (Lipinski definition) is 1. The number of carbonyl (C=O) groups is 2. The number of benzene rings is 6. The molecule has 66 heavy (non-hydrogen) atoms. The SMILES string of the molecule is CCOc1ccc(O[Si](C)(C)C(C)(C)C)c(C)c1C(=O)OC(c1ccccc1)c1ccccc1.Cc1c(O[Si](C)(C)C(C)(C)C)ccc(O)c1C(=O)OC(c1ccccc1)c1ccccc1. The average molecular weight is 925 g/mol. The highest BCUT2D eigenvalue weighted by molar-refractivity contribution is 6.75. The molecule has 0 heterocycles. The predicted octanol–water partition coefficient (Wildman–Crippen LogP) is 14.8. The third kappa shape index (κ3) is 12.4. The molecule has 0 bridgehead atoms. The molecule has 0 fully saturated rings. The Morgan fingerprint density at radius 1 is 0.485 bits per heavy atom. The minimum absolute atomic E-state index is 0.00368. The van der Waals surface area contributed by atoms with Crippen molar-refractivity contribution in [2.45, 2.75) is 111 Å². The van der Waals surface area contributed by atoms with Crippen LogP contribution < -0.4 is 13.6 Å². The van der Waals surface area contributed by atoms with Crippen molar-refractivity contribution in [3.8, 4) is 23.0 Å². The fourth-order valence-corrected chi connectivity index (χ4v) is 8.86. The van der Waals surface area contributed by atoms with Gasteiger partial charge in [0, 0.05) is 11.1 Å². The molecule has 0 aliphatic carbocycles. The first-order valence-corrected chi connectivity index (χ1v) is 28.5. The molecule has 0 spiro atoms. The fraction of sp³-hybridized carbons (Fsp3) is 0.321. The Kier molecular flexibility index (Phi) is 16.6. The van der Waals surface area contributed by atoms with Gasteiger partial charge in [0.05, 0.1) is 6.61 Å². The van der Waals surface area contributed by atoms with Gasteiger partial charge in [0.2, 0.25) is 16.6 Å². The van der Waals surface area contributed by atoms with E-state index in [1.54, 1.807) is 13.0 Å². The maximum Gasteiger partial charge on any atom is 0.343 e. The molecule has 0 aliphatic rings. The molecule has 0 saturated heterocycles. The van der Waals surface area contributed by atoms with Gasteiger partial charge in [-0.1, -0.05) is 163 Å². The van der Waals surface area contributed by atoms with Crippen molar-refractivity contribution in [2.24, 2.45) is 0 Å². The van der Waals surface area contributed by atoms with Crippen LogP contribution in [0.5, 0.6) is 23.0 Å². The summed E-state index contributed by atoms with van der Waals surface area (Å²) in [5, 5.41) is 10.6. The third-order valence-corrected chi connectivity index (χ3v) is 21.4. The second-order valence-corrected chi connectivity index (χ2v) is 29.0. The molecule has 0 radical (unpaired) electrons. The van der Waals surface area contributed by atoms with Gasteiger partial charge in [0.25, 0.3) is 0 Å². The standard InChI is InChI=1S/C29H36O4Si.C27H32O4Si/c1-8-31-25-20-19-24(33-34(6,7)29(3,4)5)21(2)26(25)28(30)32-27(22-15-11-9-12-16-22)23-17-13-10-14-18-23;1-19-23(31-32(5,6)27(2,3)4)18-17-22(28)24(19)26(29)30-25(20-13-9-7-10-14-20)21-15-11-8-12-16-21/h9-20,27H,8H2,1-7H3;7-18,25,28H,1-6H3. The second kappa shape index (κ2) is 21.5. The van der Waals surface area contributed by atoms with Crippen molar-refractivity contribution >= 4 is 28.6 Å². The van der Waals surface area contributed by atoms with Crippen molar-refractivity contribution in [3.63, 3.8) is 0 Å². The van der Waals surface area contributed by atoms with E-state index in [1.807, 2.05) is 147 Å². The summed E-state index contributed by atoms with van der Waals surface area (Å²) in [7, 11) is -4.22. The zero-order chi connectivity index (χ0) is 48.5. The van der Waals surface area contributed by atoms with Crippen molar-refractivity contribution in [1.29, 1.82) is 0 Å². The van der Waals surface area contributed by atoms with Crippen molar-refractivity contribution in [1.82, 2.24) is 0 Å². The summed E-state index contributed by atoms with van der Waals surface area (Å²) >= 11 is 0. The number of esters is 2. The zero-order valence-electron chi connectivity index (χ0n) is 41.0. The van der Waals surface area contributed by atoms with E-state index in [1.165, 1.54) is 6.07 Å². The largest absolute Gasteiger partial charge is 0.543 e. The van der Waals surface area contributed by atoms with Crippen LogP contribution in [0, 0.1) is 13.8 Å². The number of aromatic hydroxyl groups is 1. The van der Waals surface area contributed by atoms with Crippen LogP contribution in [0.1, 0.15) is 115 Å². The van der Waals surface area contributed by atoms with Crippen LogP contribution in [-0.2, 0) is 9.47 Å². The fourth-order valence-electron chi connectivity index (χ4n) is 6.71. The summed E-state index contributed by atoms with van der Waals surface area (Å²) in [5.74, 6) is 0.690. The topological polar surface area (TPSA) is 101 Å². The Morgan fingerprint density at radius 3 is 1.12 bits per heavy atom. The molecule has 6 rings (SSSR count). The van der Waals surface area contributed by atoms with Gasteiger partial charge >= 0.3 is 11.9 Å². The van der Waals surface area contributed by atoms with E-state index in [0.717, 1.165) is 27.8 Å². The van der Waals surface area contributed by atoms with Crippen LogP contribution in [-0.4, -0.2) is 40.3 Å². The molecule has 6 aromatic carbocycles. The predicted molar refractivity (Wildman–Crippen MR) is 271 cm³/mol. The van der Waals surface area contributed by atoms with E-state index in [0.29, 0.717) is 35.0 Å². The molecule has 1 N–H and O–H groups in total. The molecule has 8 nitrogen and oxygen atoms in total. The van der Waals surface area contributed by atoms with Crippen LogP contribution in [0.25, 0.3) is 0 Å². The molecule has 348 valence electrons. The van der Waals surface area contributed by atoms with Crippen LogP contribution in [0.3, 0.4) is 0 Å². The third-order valence-electron chi connectivity index (χ3n) is 12.7. The van der Waals surface area contributed by atoms with E-state index >= 15 is 0 Å². The highest BCUT2D eigenvalue weighted by Crippen LogP contribution is 2.42. The number of rotatable bonds is 14. The zero-order valence-corrected chi connectivity index (χ0v) is 43.0. The molecule has 0 atom stereocenters. The van der Waals surface area contributed by atoms with E-state index in [2.05, 4.69) is 67.7 Å². The number of phenolic OH excluding ortho intramolecular Hbond substituents is 1. The molecule has 0 saturated carbocycles. The Hall–Kier alpha value is -6.11. The minimum atomic E-state index is -2.12. The Bertz CT molecular complexity index is 2450. The molecule has 6 aromatic rings. The van der Waals surface area contributed by atoms with Gasteiger partial charge in [-0.05, 0) is 104 Å². The number of hydrogen-bond acceptors (Lipinski definition) is 8. The maximum absolute atomic E-state index is 13.7. The van der Waals surface area contributed by atoms with Crippen LogP contribution in [0.15, 0.2) is 146 Å². The summed E-state index contributed by atoms with van der Waals surface area (Å²) in [6.07, 6.45) is -1.12. The van der Waals surface area contributed by atoms with Gasteiger partial charge in [-0.25, -0.2) is 9.59 Å².